The Balaban J connectivity index is 0.00000212. The summed E-state index contributed by atoms with van der Waals surface area (Å²) in [5, 5.41) is 11.6. The number of piperazine rings is 1. The number of alkyl halides is 3. The molecule has 0 bridgehead atoms. The predicted octanol–water partition coefficient (Wildman–Crippen LogP) is 5.68. The van der Waals surface area contributed by atoms with Crippen LogP contribution < -0.4 is 10.2 Å². The minimum atomic E-state index is -4.48. The van der Waals surface area contributed by atoms with E-state index in [-0.39, 0.29) is 8.37 Å². The molecule has 0 saturated carbocycles. The van der Waals surface area contributed by atoms with Crippen molar-refractivity contribution < 1.29 is 16.0 Å². The van der Waals surface area contributed by atoms with Gasteiger partial charge in [-0.2, -0.15) is 18.3 Å². The highest BCUT2D eigenvalue weighted by Gasteiger charge is 2.32. The van der Waals surface area contributed by atoms with E-state index in [0.29, 0.717) is 28.2 Å². The predicted molar refractivity (Wildman–Crippen MR) is 158 cm³/mol. The van der Waals surface area contributed by atoms with Crippen LogP contribution in [0.4, 0.5) is 30.6 Å². The smallest absolute Gasteiger partial charge is 0.354 e. The van der Waals surface area contributed by atoms with Gasteiger partial charge >= 0.3 is 6.18 Å². The van der Waals surface area contributed by atoms with Crippen LogP contribution in [0.3, 0.4) is 0 Å². The lowest BCUT2D eigenvalue weighted by Crippen LogP contribution is -2.53. The summed E-state index contributed by atoms with van der Waals surface area (Å²) in [6.45, 7) is 7.94. The molecule has 2 aliphatic heterocycles. The van der Waals surface area contributed by atoms with Crippen molar-refractivity contribution in [2.75, 3.05) is 56.5 Å². The number of halogens is 3. The van der Waals surface area contributed by atoms with Gasteiger partial charge < -0.3 is 15.1 Å². The zero-order valence-corrected chi connectivity index (χ0v) is 23.8. The van der Waals surface area contributed by atoms with Gasteiger partial charge in [-0.25, -0.2) is 15.0 Å². The summed E-state index contributed by atoms with van der Waals surface area (Å²) in [7, 11) is 2.19. The van der Waals surface area contributed by atoms with Gasteiger partial charge in [0, 0.05) is 63.2 Å². The van der Waals surface area contributed by atoms with Crippen LogP contribution in [-0.4, -0.2) is 87.3 Å². The molecular formula is C28H36F3N9S. The van der Waals surface area contributed by atoms with Crippen molar-refractivity contribution in [3.63, 3.8) is 0 Å². The number of rotatable bonds is 6. The number of aromatic amines is 1. The van der Waals surface area contributed by atoms with Crippen molar-refractivity contribution in [3.05, 3.63) is 53.9 Å². The van der Waals surface area contributed by atoms with Crippen LogP contribution >= 0.6 is 11.8 Å². The molecule has 0 radical (unpaired) electrons. The molecule has 3 aromatic heterocycles. The van der Waals surface area contributed by atoms with Gasteiger partial charge in [-0.15, -0.1) is 0 Å². The molecule has 0 atom stereocenters. The molecule has 220 valence electrons. The van der Waals surface area contributed by atoms with Crippen molar-refractivity contribution in [2.24, 2.45) is 0 Å². The maximum absolute atomic E-state index is 13.1. The lowest BCUT2D eigenvalue weighted by atomic mass is 10.0. The fraction of sp³-hybridized carbons (Fsp3) is 0.429. The molecule has 6 rings (SSSR count). The van der Waals surface area contributed by atoms with Crippen molar-refractivity contribution in [3.8, 4) is 0 Å². The summed E-state index contributed by atoms with van der Waals surface area (Å²) in [4.78, 5) is 21.5. The Morgan fingerprint density at radius 1 is 0.927 bits per heavy atom. The van der Waals surface area contributed by atoms with E-state index in [1.165, 1.54) is 30.7 Å². The second-order valence-corrected chi connectivity index (χ2v) is 11.7. The fourth-order valence-corrected chi connectivity index (χ4v) is 6.22. The van der Waals surface area contributed by atoms with E-state index in [4.69, 9.17) is 9.97 Å². The Morgan fingerprint density at radius 3 is 2.41 bits per heavy atom. The van der Waals surface area contributed by atoms with E-state index in [1.807, 2.05) is 25.1 Å². The average molecular weight is 588 g/mol. The Kier molecular flexibility index (Phi) is 7.75. The van der Waals surface area contributed by atoms with E-state index in [0.717, 1.165) is 61.7 Å². The molecule has 13 heteroatoms. The van der Waals surface area contributed by atoms with Crippen molar-refractivity contribution in [1.29, 1.82) is 0 Å². The summed E-state index contributed by atoms with van der Waals surface area (Å²) in [6.07, 6.45) is -2.06. The topological polar surface area (TPSA) is 89.1 Å². The third kappa shape index (κ3) is 6.57. The number of aryl methyl sites for hydroxylation is 1. The van der Waals surface area contributed by atoms with Crippen molar-refractivity contribution in [1.82, 2.24) is 34.9 Å². The van der Waals surface area contributed by atoms with Crippen LogP contribution in [0.5, 0.6) is 0 Å². The van der Waals surface area contributed by atoms with Crippen LogP contribution in [0, 0.1) is 6.92 Å². The molecule has 9 nitrogen and oxygen atoms in total. The molecule has 2 aliphatic rings. The first-order chi connectivity index (χ1) is 19.7. The molecule has 2 fully saturated rings. The van der Waals surface area contributed by atoms with Crippen LogP contribution in [0.15, 0.2) is 52.5 Å². The number of anilines is 3. The van der Waals surface area contributed by atoms with Gasteiger partial charge in [0.15, 0.2) is 11.0 Å². The number of benzene rings is 1. The molecule has 5 heterocycles. The first-order valence-corrected chi connectivity index (χ1v) is 14.5. The molecule has 0 unspecified atom stereocenters. The number of nitrogens with zero attached hydrogens (tertiary/aromatic N) is 7. The molecule has 4 aromatic rings. The second kappa shape index (κ2) is 11.5. The molecule has 0 amide bonds. The van der Waals surface area contributed by atoms with E-state index >= 15 is 0 Å². The number of fused-ring (bicyclic) bond motifs is 1. The molecule has 0 spiro atoms. The zero-order chi connectivity index (χ0) is 28.6. The SMILES string of the molecule is Cc1cc(Nc2cc(N3CCN(C4CCN(C)CC4)CC3)nc(Sc3ccc4nc(C(F)(F)F)ccc4c3)n2)n[nH]1.[HH].[HH]. The maximum atomic E-state index is 13.1. The van der Waals surface area contributed by atoms with E-state index in [2.05, 4.69) is 42.2 Å². The third-order valence-electron chi connectivity index (χ3n) is 7.66. The fourth-order valence-electron chi connectivity index (χ4n) is 5.40. The van der Waals surface area contributed by atoms with Crippen molar-refractivity contribution >= 4 is 40.1 Å². The monoisotopic (exact) mass is 587 g/mol. The quantitative estimate of drug-likeness (QED) is 0.277. The van der Waals surface area contributed by atoms with Crippen LogP contribution in [-0.2, 0) is 6.18 Å². The number of H-pyrrole nitrogens is 1. The molecule has 0 aliphatic carbocycles. The highest BCUT2D eigenvalue weighted by molar-refractivity contribution is 7.99. The molecular weight excluding hydrogens is 551 g/mol. The summed E-state index contributed by atoms with van der Waals surface area (Å²) in [6, 6.07) is 12.1. The highest BCUT2D eigenvalue weighted by Crippen LogP contribution is 2.33. The second-order valence-electron chi connectivity index (χ2n) is 10.7. The Morgan fingerprint density at radius 2 is 1.71 bits per heavy atom. The number of hydrogen-bond donors (Lipinski definition) is 2. The molecule has 41 heavy (non-hydrogen) atoms. The molecule has 2 N–H and O–H groups in total. The number of pyridine rings is 1. The number of nitrogens with one attached hydrogen (secondary N) is 2. The maximum Gasteiger partial charge on any atom is 0.433 e. The van der Waals surface area contributed by atoms with Crippen LogP contribution in [0.2, 0.25) is 0 Å². The number of hydrogen-bond acceptors (Lipinski definition) is 9. The summed E-state index contributed by atoms with van der Waals surface area (Å²) in [5.41, 5.74) is 0.319. The number of aromatic nitrogens is 5. The first kappa shape index (κ1) is 27.7. The van der Waals surface area contributed by atoms with Gasteiger partial charge in [0.05, 0.1) is 5.52 Å². The normalized spacial score (nSPS) is 17.8. The van der Waals surface area contributed by atoms with Gasteiger partial charge in [0.1, 0.15) is 17.3 Å². The summed E-state index contributed by atoms with van der Waals surface area (Å²) in [5.74, 6) is 2.11. The lowest BCUT2D eigenvalue weighted by Gasteiger charge is -2.42. The number of likely N-dealkylation sites (tertiary alicyclic amines) is 1. The summed E-state index contributed by atoms with van der Waals surface area (Å²) < 4.78 is 39.3. The highest BCUT2D eigenvalue weighted by atomic mass is 32.2. The Labute approximate surface area is 243 Å². The summed E-state index contributed by atoms with van der Waals surface area (Å²) >= 11 is 1.36. The van der Waals surface area contributed by atoms with Gasteiger partial charge in [-0.3, -0.25) is 10.00 Å². The van der Waals surface area contributed by atoms with Crippen molar-refractivity contribution in [2.45, 2.75) is 42.0 Å². The minimum absolute atomic E-state index is 0. The van der Waals surface area contributed by atoms with E-state index in [1.54, 1.807) is 12.1 Å². The third-order valence-corrected chi connectivity index (χ3v) is 8.51. The van der Waals surface area contributed by atoms with E-state index in [9.17, 15) is 13.2 Å². The zero-order valence-electron chi connectivity index (χ0n) is 22.9. The number of piperidine rings is 1. The Hall–Kier alpha value is -3.42. The molecule has 2 saturated heterocycles. The van der Waals surface area contributed by atoms with E-state index < -0.39 is 11.9 Å². The average Bonchev–Trinajstić information content (AvgIpc) is 3.36. The Bertz CT molecular complexity index is 1520. The molecule has 1 aromatic carbocycles. The van der Waals surface area contributed by atoms with Gasteiger partial charge in [0.25, 0.3) is 0 Å². The largest absolute Gasteiger partial charge is 0.433 e. The lowest BCUT2D eigenvalue weighted by molar-refractivity contribution is -0.140. The van der Waals surface area contributed by atoms with Crippen LogP contribution in [0.25, 0.3) is 10.9 Å². The first-order valence-electron chi connectivity index (χ1n) is 13.7. The minimum Gasteiger partial charge on any atom is -0.354 e. The standard InChI is InChI=1S/C28H32F3N9S.2H2/c1-18-15-25(37-36-18)33-24-17-26(40-13-11-39(12-14-40)20-7-9-38(2)10-8-20)35-27(34-24)41-21-4-5-22-19(16-21)3-6-23(32-22)28(29,30)31;;/h3-6,15-17,20H,7-14H2,1-2H3,(H2,33,34,35,36,37);2*1H. The van der Waals surface area contributed by atoms with Crippen LogP contribution in [0.1, 0.15) is 27.1 Å². The van der Waals surface area contributed by atoms with Gasteiger partial charge in [0.2, 0.25) is 0 Å². The van der Waals surface area contributed by atoms with Gasteiger partial charge in [-0.05, 0) is 75.9 Å². The van der Waals surface area contributed by atoms with Gasteiger partial charge in [-0.1, -0.05) is 6.07 Å².